The number of carbonyl (C=O) groups is 2. The van der Waals surface area contributed by atoms with E-state index in [0.29, 0.717) is 5.56 Å². The Morgan fingerprint density at radius 2 is 1.43 bits per heavy atom. The monoisotopic (exact) mass is 286 g/mol. The minimum atomic E-state index is -1.70. The van der Waals surface area contributed by atoms with Crippen molar-refractivity contribution in [3.8, 4) is 11.1 Å². The maximum Gasteiger partial charge on any atom is 0.344 e. The number of ether oxygens (including phenoxy) is 1. The van der Waals surface area contributed by atoms with Crippen molar-refractivity contribution in [3.05, 3.63) is 59.9 Å². The van der Waals surface area contributed by atoms with Crippen LogP contribution in [0.4, 0.5) is 4.39 Å². The topological polar surface area (TPSA) is 63.6 Å². The van der Waals surface area contributed by atoms with Crippen LogP contribution in [0.1, 0.15) is 11.7 Å². The van der Waals surface area contributed by atoms with Gasteiger partial charge in [0, 0.05) is 5.56 Å². The zero-order chi connectivity index (χ0) is 15.0. The number of carbonyl (C=O) groups excluding carboxylic acids is 2. The molecule has 2 atom stereocenters. The molecule has 2 unspecified atom stereocenters. The summed E-state index contributed by atoms with van der Waals surface area (Å²) in [5.74, 6) is -1.89. The van der Waals surface area contributed by atoms with Crippen molar-refractivity contribution >= 4 is 11.8 Å². The Hall–Kier alpha value is -2.53. The molecule has 1 aliphatic heterocycles. The molecule has 1 saturated heterocycles. The number of aliphatic hydroxyl groups is 1. The molecule has 0 aromatic heterocycles. The number of hydrogen-bond donors (Lipinski definition) is 1. The molecule has 106 valence electrons. The van der Waals surface area contributed by atoms with Crippen LogP contribution in [0.3, 0.4) is 0 Å². The number of hydrogen-bond acceptors (Lipinski definition) is 4. The van der Waals surface area contributed by atoms with Gasteiger partial charge >= 0.3 is 5.97 Å². The van der Waals surface area contributed by atoms with Crippen molar-refractivity contribution in [2.75, 3.05) is 0 Å². The van der Waals surface area contributed by atoms with Crippen molar-refractivity contribution in [3.63, 3.8) is 0 Å². The molecule has 0 amide bonds. The van der Waals surface area contributed by atoms with E-state index in [1.54, 1.807) is 36.4 Å². The Morgan fingerprint density at radius 3 is 1.90 bits per heavy atom. The lowest BCUT2D eigenvalue weighted by molar-refractivity contribution is -0.147. The van der Waals surface area contributed by atoms with Crippen molar-refractivity contribution in [2.24, 2.45) is 0 Å². The molecule has 1 aliphatic rings. The van der Waals surface area contributed by atoms with Crippen molar-refractivity contribution in [2.45, 2.75) is 12.2 Å². The largest absolute Gasteiger partial charge is 0.447 e. The second kappa shape index (κ2) is 5.10. The SMILES string of the molecule is O=C1OC(c2ccc(-c3ccc(F)cc3)cc2)C(=O)C1O. The molecule has 2 aromatic carbocycles. The van der Waals surface area contributed by atoms with Gasteiger partial charge in [-0.1, -0.05) is 36.4 Å². The number of Topliss-reactive ketones (excluding diaryl/α,β-unsaturated/α-hetero) is 1. The molecule has 1 N–H and O–H groups in total. The van der Waals surface area contributed by atoms with Gasteiger partial charge in [0.1, 0.15) is 5.82 Å². The summed E-state index contributed by atoms with van der Waals surface area (Å²) in [6, 6.07) is 12.8. The van der Waals surface area contributed by atoms with E-state index in [0.717, 1.165) is 11.1 Å². The third-order valence-electron chi connectivity index (χ3n) is 3.38. The molecule has 0 aliphatic carbocycles. The van der Waals surface area contributed by atoms with Gasteiger partial charge in [0.2, 0.25) is 11.9 Å². The predicted molar refractivity (Wildman–Crippen MR) is 71.7 cm³/mol. The summed E-state index contributed by atoms with van der Waals surface area (Å²) in [5.41, 5.74) is 2.17. The quantitative estimate of drug-likeness (QED) is 0.677. The van der Waals surface area contributed by atoms with Gasteiger partial charge in [-0.15, -0.1) is 0 Å². The van der Waals surface area contributed by atoms with Crippen LogP contribution in [0.25, 0.3) is 11.1 Å². The summed E-state index contributed by atoms with van der Waals surface area (Å²) in [6.07, 6.45) is -2.76. The Bertz CT molecular complexity index is 691. The first kappa shape index (κ1) is 13.5. The maximum atomic E-state index is 12.9. The second-order valence-corrected chi connectivity index (χ2v) is 4.75. The predicted octanol–water partition coefficient (Wildman–Crippen LogP) is 2.02. The average Bonchev–Trinajstić information content (AvgIpc) is 2.76. The zero-order valence-corrected chi connectivity index (χ0v) is 10.8. The van der Waals surface area contributed by atoms with Gasteiger partial charge in [0.05, 0.1) is 0 Å². The smallest absolute Gasteiger partial charge is 0.344 e. The standard InChI is InChI=1S/C16H11FO4/c17-12-7-5-10(6-8-12)9-1-3-11(4-2-9)15-13(18)14(19)16(20)21-15/h1-8,14-15,19H. The number of rotatable bonds is 2. The van der Waals surface area contributed by atoms with Crippen molar-refractivity contribution in [1.29, 1.82) is 0 Å². The lowest BCUT2D eigenvalue weighted by atomic mass is 10.00. The van der Waals surface area contributed by atoms with E-state index in [9.17, 15) is 19.1 Å². The first-order valence-electron chi connectivity index (χ1n) is 6.34. The summed E-state index contributed by atoms with van der Waals surface area (Å²) < 4.78 is 17.7. The molecule has 0 saturated carbocycles. The van der Waals surface area contributed by atoms with Crippen LogP contribution in [0.5, 0.6) is 0 Å². The highest BCUT2D eigenvalue weighted by atomic mass is 19.1. The Morgan fingerprint density at radius 1 is 0.905 bits per heavy atom. The molecule has 0 radical (unpaired) electrons. The van der Waals surface area contributed by atoms with Crippen LogP contribution in [0.2, 0.25) is 0 Å². The van der Waals surface area contributed by atoms with E-state index in [2.05, 4.69) is 0 Å². The van der Waals surface area contributed by atoms with Crippen LogP contribution in [0, 0.1) is 5.82 Å². The zero-order valence-electron chi connectivity index (χ0n) is 10.8. The highest BCUT2D eigenvalue weighted by Gasteiger charge is 2.42. The number of halogens is 1. The fourth-order valence-electron chi connectivity index (χ4n) is 2.22. The lowest BCUT2D eigenvalue weighted by Gasteiger charge is -2.09. The van der Waals surface area contributed by atoms with Gasteiger partial charge in [0.25, 0.3) is 0 Å². The molecular weight excluding hydrogens is 275 g/mol. The molecule has 21 heavy (non-hydrogen) atoms. The number of ketones is 1. The minimum absolute atomic E-state index is 0.312. The van der Waals surface area contributed by atoms with E-state index in [1.807, 2.05) is 0 Å². The first-order chi connectivity index (χ1) is 10.1. The lowest BCUT2D eigenvalue weighted by Crippen LogP contribution is -2.21. The van der Waals surface area contributed by atoms with Gasteiger partial charge in [-0.3, -0.25) is 4.79 Å². The van der Waals surface area contributed by atoms with Gasteiger partial charge in [-0.05, 0) is 23.3 Å². The van der Waals surface area contributed by atoms with Gasteiger partial charge in [-0.2, -0.15) is 0 Å². The van der Waals surface area contributed by atoms with E-state index in [1.165, 1.54) is 12.1 Å². The number of cyclic esters (lactones) is 1. The minimum Gasteiger partial charge on any atom is -0.447 e. The highest BCUT2D eigenvalue weighted by Crippen LogP contribution is 2.29. The molecule has 3 rings (SSSR count). The molecule has 5 heteroatoms. The van der Waals surface area contributed by atoms with Crippen molar-refractivity contribution in [1.82, 2.24) is 0 Å². The summed E-state index contributed by atoms with van der Waals surface area (Å²) in [4.78, 5) is 22.8. The van der Waals surface area contributed by atoms with Crippen LogP contribution in [-0.4, -0.2) is 23.0 Å². The molecule has 0 bridgehead atoms. The Balaban J connectivity index is 1.86. The molecular formula is C16H11FO4. The summed E-state index contributed by atoms with van der Waals surface area (Å²) in [7, 11) is 0. The average molecular weight is 286 g/mol. The van der Waals surface area contributed by atoms with Gasteiger partial charge < -0.3 is 9.84 Å². The van der Waals surface area contributed by atoms with Crippen LogP contribution >= 0.6 is 0 Å². The summed E-state index contributed by atoms with van der Waals surface area (Å²) in [5, 5.41) is 9.30. The van der Waals surface area contributed by atoms with E-state index < -0.39 is 24.0 Å². The van der Waals surface area contributed by atoms with E-state index >= 15 is 0 Å². The van der Waals surface area contributed by atoms with Crippen LogP contribution < -0.4 is 0 Å². The molecule has 4 nitrogen and oxygen atoms in total. The molecule has 1 fully saturated rings. The third kappa shape index (κ3) is 2.43. The fraction of sp³-hybridized carbons (Fsp3) is 0.125. The first-order valence-corrected chi connectivity index (χ1v) is 6.34. The number of aliphatic hydroxyl groups excluding tert-OH is 1. The Labute approximate surface area is 119 Å². The Kier molecular flexibility index (Phi) is 3.27. The molecule has 1 heterocycles. The van der Waals surface area contributed by atoms with Gasteiger partial charge in [-0.25, -0.2) is 9.18 Å². The normalized spacial score (nSPS) is 21.4. The number of benzene rings is 2. The second-order valence-electron chi connectivity index (χ2n) is 4.75. The fourth-order valence-corrected chi connectivity index (χ4v) is 2.22. The molecule has 2 aromatic rings. The van der Waals surface area contributed by atoms with E-state index in [-0.39, 0.29) is 5.82 Å². The maximum absolute atomic E-state index is 12.9. The van der Waals surface area contributed by atoms with Crippen LogP contribution in [-0.2, 0) is 14.3 Å². The summed E-state index contributed by atoms with van der Waals surface area (Å²) >= 11 is 0. The van der Waals surface area contributed by atoms with Gasteiger partial charge in [0.15, 0.2) is 6.10 Å². The number of esters is 1. The van der Waals surface area contributed by atoms with E-state index in [4.69, 9.17) is 4.74 Å². The highest BCUT2D eigenvalue weighted by molar-refractivity contribution is 6.09. The third-order valence-corrected chi connectivity index (χ3v) is 3.38. The molecule has 0 spiro atoms. The van der Waals surface area contributed by atoms with Crippen LogP contribution in [0.15, 0.2) is 48.5 Å². The summed E-state index contributed by atoms with van der Waals surface area (Å²) in [6.45, 7) is 0. The van der Waals surface area contributed by atoms with Crippen molar-refractivity contribution < 1.29 is 23.8 Å².